The summed E-state index contributed by atoms with van der Waals surface area (Å²) >= 11 is 0. The fourth-order valence-corrected chi connectivity index (χ4v) is 2.70. The van der Waals surface area contributed by atoms with Crippen LogP contribution in [0.3, 0.4) is 0 Å². The first-order valence-corrected chi connectivity index (χ1v) is 6.93. The van der Waals surface area contributed by atoms with Crippen LogP contribution in [0, 0.1) is 12.7 Å². The molecule has 20 heavy (non-hydrogen) atoms. The Balaban J connectivity index is 2.02. The number of hydrogen-bond acceptors (Lipinski definition) is 2. The number of benzene rings is 2. The fraction of sp³-hybridized carbons (Fsp3) is 0.294. The lowest BCUT2D eigenvalue weighted by Gasteiger charge is -2.23. The topological polar surface area (TPSA) is 35.2 Å². The third-order valence-electron chi connectivity index (χ3n) is 3.84. The fourth-order valence-electron chi connectivity index (χ4n) is 2.70. The highest BCUT2D eigenvalue weighted by Gasteiger charge is 2.20. The molecule has 2 aromatic rings. The van der Waals surface area contributed by atoms with Gasteiger partial charge in [0.15, 0.2) is 0 Å². The zero-order chi connectivity index (χ0) is 14.1. The minimum absolute atomic E-state index is 0.202. The Bertz CT molecular complexity index is 639. The first-order chi connectivity index (χ1) is 9.66. The molecule has 1 aliphatic rings. The van der Waals surface area contributed by atoms with Gasteiger partial charge in [-0.05, 0) is 42.5 Å². The van der Waals surface area contributed by atoms with Gasteiger partial charge in [-0.25, -0.2) is 4.39 Å². The molecule has 0 aliphatic carbocycles. The van der Waals surface area contributed by atoms with Gasteiger partial charge in [-0.3, -0.25) is 0 Å². The van der Waals surface area contributed by atoms with Crippen LogP contribution < -0.4 is 10.5 Å². The summed E-state index contributed by atoms with van der Waals surface area (Å²) in [5, 5.41) is 0. The van der Waals surface area contributed by atoms with Crippen LogP contribution in [0.4, 0.5) is 4.39 Å². The maximum Gasteiger partial charge on any atom is 0.127 e. The Morgan fingerprint density at radius 1 is 1.25 bits per heavy atom. The standard InChI is InChI=1S/C17H18FNO/c1-11-10-13(7-8-15(11)18)16(19)14-6-2-4-12-5-3-9-20-17(12)14/h2,4,6-8,10,16H,3,5,9,19H2,1H3. The second-order valence-electron chi connectivity index (χ2n) is 5.27. The van der Waals surface area contributed by atoms with E-state index in [4.69, 9.17) is 10.5 Å². The highest BCUT2D eigenvalue weighted by atomic mass is 19.1. The third-order valence-corrected chi connectivity index (χ3v) is 3.84. The molecule has 0 saturated heterocycles. The van der Waals surface area contributed by atoms with Crippen LogP contribution in [0.5, 0.6) is 5.75 Å². The van der Waals surface area contributed by atoms with Gasteiger partial charge in [0.2, 0.25) is 0 Å². The maximum atomic E-state index is 13.4. The van der Waals surface area contributed by atoms with Crippen LogP contribution in [0.1, 0.15) is 34.7 Å². The van der Waals surface area contributed by atoms with Crippen LogP contribution in [-0.2, 0) is 6.42 Å². The van der Waals surface area contributed by atoms with Crippen LogP contribution in [-0.4, -0.2) is 6.61 Å². The van der Waals surface area contributed by atoms with Gasteiger partial charge in [0.1, 0.15) is 11.6 Å². The van der Waals surface area contributed by atoms with E-state index >= 15 is 0 Å². The highest BCUT2D eigenvalue weighted by molar-refractivity contribution is 5.48. The van der Waals surface area contributed by atoms with Gasteiger partial charge in [0.25, 0.3) is 0 Å². The molecule has 0 aromatic heterocycles. The van der Waals surface area contributed by atoms with Gasteiger partial charge in [-0.1, -0.05) is 30.3 Å². The summed E-state index contributed by atoms with van der Waals surface area (Å²) in [5.74, 6) is 0.709. The number of nitrogens with two attached hydrogens (primary N) is 1. The Morgan fingerprint density at radius 2 is 2.10 bits per heavy atom. The van der Waals surface area contributed by atoms with Crippen molar-refractivity contribution in [2.45, 2.75) is 25.8 Å². The lowest BCUT2D eigenvalue weighted by molar-refractivity contribution is 0.284. The number of para-hydroxylation sites is 1. The van der Waals surface area contributed by atoms with Crippen molar-refractivity contribution in [1.82, 2.24) is 0 Å². The molecule has 3 rings (SSSR count). The molecule has 0 radical (unpaired) electrons. The summed E-state index contributed by atoms with van der Waals surface area (Å²) in [5.41, 5.74) is 10.1. The van der Waals surface area contributed by atoms with Gasteiger partial charge >= 0.3 is 0 Å². The number of hydrogen-bond donors (Lipinski definition) is 1. The van der Waals surface area contributed by atoms with E-state index in [2.05, 4.69) is 6.07 Å². The van der Waals surface area contributed by atoms with Crippen LogP contribution in [0.15, 0.2) is 36.4 Å². The molecular weight excluding hydrogens is 253 g/mol. The minimum atomic E-state index is -0.289. The number of halogens is 1. The average molecular weight is 271 g/mol. The predicted molar refractivity (Wildman–Crippen MR) is 77.4 cm³/mol. The number of rotatable bonds is 2. The monoisotopic (exact) mass is 271 g/mol. The summed E-state index contributed by atoms with van der Waals surface area (Å²) in [6.45, 7) is 2.49. The van der Waals surface area contributed by atoms with Crippen molar-refractivity contribution in [3.05, 3.63) is 64.5 Å². The highest BCUT2D eigenvalue weighted by Crippen LogP contribution is 2.34. The van der Waals surface area contributed by atoms with Crippen LogP contribution >= 0.6 is 0 Å². The SMILES string of the molecule is Cc1cc(C(N)c2cccc3c2OCCC3)ccc1F. The second kappa shape index (κ2) is 5.25. The molecule has 0 amide bonds. The number of aryl methyl sites for hydroxylation is 2. The minimum Gasteiger partial charge on any atom is -0.493 e. The van der Waals surface area contributed by atoms with Crippen molar-refractivity contribution in [1.29, 1.82) is 0 Å². The lowest BCUT2D eigenvalue weighted by Crippen LogP contribution is -2.17. The van der Waals surface area contributed by atoms with Crippen molar-refractivity contribution in [3.63, 3.8) is 0 Å². The van der Waals surface area contributed by atoms with E-state index in [1.165, 1.54) is 11.6 Å². The van der Waals surface area contributed by atoms with E-state index in [-0.39, 0.29) is 11.9 Å². The van der Waals surface area contributed by atoms with Crippen molar-refractivity contribution in [2.24, 2.45) is 5.73 Å². The Morgan fingerprint density at radius 3 is 2.90 bits per heavy atom. The maximum absolute atomic E-state index is 13.4. The van der Waals surface area contributed by atoms with Crippen molar-refractivity contribution in [3.8, 4) is 5.75 Å². The summed E-state index contributed by atoms with van der Waals surface area (Å²) in [6.07, 6.45) is 2.07. The molecule has 1 unspecified atom stereocenters. The normalized spacial score (nSPS) is 15.3. The first kappa shape index (κ1) is 13.1. The predicted octanol–water partition coefficient (Wildman–Crippen LogP) is 3.51. The van der Waals surface area contributed by atoms with E-state index in [9.17, 15) is 4.39 Å². The Labute approximate surface area is 118 Å². The zero-order valence-electron chi connectivity index (χ0n) is 11.5. The van der Waals surface area contributed by atoms with Gasteiger partial charge < -0.3 is 10.5 Å². The molecule has 2 nitrogen and oxygen atoms in total. The Kier molecular flexibility index (Phi) is 3.45. The first-order valence-electron chi connectivity index (χ1n) is 6.93. The molecule has 0 spiro atoms. The summed E-state index contributed by atoms with van der Waals surface area (Å²) in [6, 6.07) is 10.8. The summed E-state index contributed by atoms with van der Waals surface area (Å²) in [7, 11) is 0. The van der Waals surface area contributed by atoms with E-state index in [1.54, 1.807) is 13.0 Å². The summed E-state index contributed by atoms with van der Waals surface area (Å²) < 4.78 is 19.2. The zero-order valence-corrected chi connectivity index (χ0v) is 11.5. The molecule has 2 N–H and O–H groups in total. The molecular formula is C17H18FNO. The summed E-state index contributed by atoms with van der Waals surface area (Å²) in [4.78, 5) is 0. The van der Waals surface area contributed by atoms with Crippen molar-refractivity contribution >= 4 is 0 Å². The van der Waals surface area contributed by atoms with Gasteiger partial charge in [-0.15, -0.1) is 0 Å². The van der Waals surface area contributed by atoms with Gasteiger partial charge in [0, 0.05) is 5.56 Å². The largest absolute Gasteiger partial charge is 0.493 e. The van der Waals surface area contributed by atoms with E-state index in [0.717, 1.165) is 36.3 Å². The van der Waals surface area contributed by atoms with Crippen LogP contribution in [0.2, 0.25) is 0 Å². The van der Waals surface area contributed by atoms with Crippen molar-refractivity contribution < 1.29 is 9.13 Å². The van der Waals surface area contributed by atoms with E-state index < -0.39 is 0 Å². The average Bonchev–Trinajstić information content (AvgIpc) is 2.49. The Hall–Kier alpha value is -1.87. The number of ether oxygens (including phenoxy) is 1. The molecule has 0 bridgehead atoms. The molecule has 0 saturated carbocycles. The molecule has 2 aromatic carbocycles. The van der Waals surface area contributed by atoms with Gasteiger partial charge in [0.05, 0.1) is 12.6 Å². The van der Waals surface area contributed by atoms with E-state index in [1.807, 2.05) is 18.2 Å². The van der Waals surface area contributed by atoms with Crippen LogP contribution in [0.25, 0.3) is 0 Å². The van der Waals surface area contributed by atoms with Gasteiger partial charge in [-0.2, -0.15) is 0 Å². The number of fused-ring (bicyclic) bond motifs is 1. The molecule has 104 valence electrons. The molecule has 1 heterocycles. The smallest absolute Gasteiger partial charge is 0.127 e. The molecule has 0 fully saturated rings. The lowest BCUT2D eigenvalue weighted by atomic mass is 9.93. The quantitative estimate of drug-likeness (QED) is 0.907. The molecule has 3 heteroatoms. The molecule has 1 aliphatic heterocycles. The third kappa shape index (κ3) is 2.29. The second-order valence-corrected chi connectivity index (χ2v) is 5.27. The molecule has 1 atom stereocenters. The van der Waals surface area contributed by atoms with E-state index in [0.29, 0.717) is 5.56 Å². The van der Waals surface area contributed by atoms with Crippen molar-refractivity contribution in [2.75, 3.05) is 6.61 Å².